The maximum absolute atomic E-state index is 12.1. The minimum Gasteiger partial charge on any atom is -0.462 e. The van der Waals surface area contributed by atoms with Crippen molar-refractivity contribution in [1.29, 1.82) is 0 Å². The molecule has 23 heavy (non-hydrogen) atoms. The highest BCUT2D eigenvalue weighted by atomic mass is 16.5. The van der Waals surface area contributed by atoms with Crippen molar-refractivity contribution >= 4 is 5.97 Å². The van der Waals surface area contributed by atoms with E-state index in [9.17, 15) is 14.4 Å². The zero-order valence-corrected chi connectivity index (χ0v) is 14.3. The smallest absolute Gasteiger partial charge is 0.333 e. The molecular formula is C17H26N2O4. The Balaban J connectivity index is 2.39. The van der Waals surface area contributed by atoms with E-state index in [2.05, 4.69) is 6.58 Å². The number of esters is 1. The molecule has 1 heterocycles. The Kier molecular flexibility index (Phi) is 7.51. The van der Waals surface area contributed by atoms with Crippen molar-refractivity contribution in [3.8, 4) is 0 Å². The Morgan fingerprint density at radius 1 is 1.22 bits per heavy atom. The van der Waals surface area contributed by atoms with E-state index in [-0.39, 0.29) is 17.2 Å². The number of aryl methyl sites for hydroxylation is 2. The zero-order chi connectivity index (χ0) is 17.4. The van der Waals surface area contributed by atoms with E-state index in [1.807, 2.05) is 0 Å². The number of nitrogens with zero attached hydrogens (tertiary/aromatic N) is 2. The lowest BCUT2D eigenvalue weighted by Crippen LogP contribution is -2.40. The lowest BCUT2D eigenvalue weighted by Gasteiger charge is -2.10. The molecule has 0 saturated carbocycles. The molecule has 0 amide bonds. The summed E-state index contributed by atoms with van der Waals surface area (Å²) in [4.78, 5) is 35.2. The average molecular weight is 322 g/mol. The summed E-state index contributed by atoms with van der Waals surface area (Å²) < 4.78 is 7.87. The second-order valence-corrected chi connectivity index (χ2v) is 5.67. The van der Waals surface area contributed by atoms with E-state index in [4.69, 9.17) is 4.74 Å². The van der Waals surface area contributed by atoms with Crippen molar-refractivity contribution in [2.45, 2.75) is 59.5 Å². The third kappa shape index (κ3) is 5.54. The first-order valence-corrected chi connectivity index (χ1v) is 8.02. The highest BCUT2D eigenvalue weighted by Gasteiger charge is 2.07. The highest BCUT2D eigenvalue weighted by molar-refractivity contribution is 5.86. The summed E-state index contributed by atoms with van der Waals surface area (Å²) in [6.07, 6.45) is 5.12. The van der Waals surface area contributed by atoms with E-state index in [0.717, 1.165) is 25.7 Å². The molecule has 0 saturated heterocycles. The van der Waals surface area contributed by atoms with Crippen LogP contribution in [0.5, 0.6) is 0 Å². The number of unbranched alkanes of at least 4 members (excludes halogenated alkanes) is 3. The number of carbonyl (C=O) groups excluding carboxylic acids is 1. The molecule has 1 rings (SSSR count). The molecule has 0 bridgehead atoms. The first-order chi connectivity index (χ1) is 10.9. The normalized spacial score (nSPS) is 10.6. The van der Waals surface area contributed by atoms with Gasteiger partial charge >= 0.3 is 11.7 Å². The molecule has 0 spiro atoms. The van der Waals surface area contributed by atoms with Crippen LogP contribution >= 0.6 is 0 Å². The fourth-order valence-corrected chi connectivity index (χ4v) is 2.26. The standard InChI is InChI=1S/C17H26N2O4/c1-5-19-15(20)14(4)12-18(17(19)22)10-8-6-7-9-11-23-16(21)13(2)3/h12H,2,5-11H2,1,3-4H3. The molecular weight excluding hydrogens is 296 g/mol. The van der Waals surface area contributed by atoms with Crippen LogP contribution < -0.4 is 11.2 Å². The molecule has 0 radical (unpaired) electrons. The van der Waals surface area contributed by atoms with E-state index < -0.39 is 0 Å². The van der Waals surface area contributed by atoms with Gasteiger partial charge in [0.05, 0.1) is 6.61 Å². The largest absolute Gasteiger partial charge is 0.462 e. The molecule has 6 heteroatoms. The predicted octanol–water partition coefficient (Wildman–Crippen LogP) is 2.02. The van der Waals surface area contributed by atoms with Crippen molar-refractivity contribution in [2.24, 2.45) is 0 Å². The Labute approximate surface area is 136 Å². The monoisotopic (exact) mass is 322 g/mol. The van der Waals surface area contributed by atoms with E-state index in [0.29, 0.717) is 30.8 Å². The van der Waals surface area contributed by atoms with E-state index in [1.165, 1.54) is 4.57 Å². The quantitative estimate of drug-likeness (QED) is 0.396. The molecule has 0 unspecified atom stereocenters. The maximum Gasteiger partial charge on any atom is 0.333 e. The average Bonchev–Trinajstić information content (AvgIpc) is 2.51. The Morgan fingerprint density at radius 2 is 1.87 bits per heavy atom. The minimum absolute atomic E-state index is 0.215. The summed E-state index contributed by atoms with van der Waals surface area (Å²) in [6, 6.07) is 0. The fraction of sp³-hybridized carbons (Fsp3) is 0.588. The van der Waals surface area contributed by atoms with Crippen molar-refractivity contribution in [3.05, 3.63) is 44.8 Å². The molecule has 0 N–H and O–H groups in total. The van der Waals surface area contributed by atoms with Gasteiger partial charge in [-0.1, -0.05) is 13.0 Å². The Morgan fingerprint density at radius 3 is 2.48 bits per heavy atom. The van der Waals surface area contributed by atoms with Gasteiger partial charge in [0, 0.05) is 30.4 Å². The van der Waals surface area contributed by atoms with Crippen molar-refractivity contribution < 1.29 is 9.53 Å². The summed E-state index contributed by atoms with van der Waals surface area (Å²) in [5.74, 6) is -0.353. The summed E-state index contributed by atoms with van der Waals surface area (Å²) in [5, 5.41) is 0. The number of aromatic nitrogens is 2. The van der Waals surface area contributed by atoms with E-state index >= 15 is 0 Å². The molecule has 128 valence electrons. The number of ether oxygens (including phenoxy) is 1. The molecule has 0 atom stereocenters. The highest BCUT2D eigenvalue weighted by Crippen LogP contribution is 2.03. The van der Waals surface area contributed by atoms with Crippen molar-refractivity contribution in [3.63, 3.8) is 0 Å². The van der Waals surface area contributed by atoms with Crippen LogP contribution in [0.2, 0.25) is 0 Å². The first-order valence-electron chi connectivity index (χ1n) is 8.02. The van der Waals surface area contributed by atoms with E-state index in [1.54, 1.807) is 31.5 Å². The van der Waals surface area contributed by atoms with Gasteiger partial charge in [-0.25, -0.2) is 9.59 Å². The number of carbonyl (C=O) groups is 1. The van der Waals surface area contributed by atoms with Gasteiger partial charge in [0.15, 0.2) is 0 Å². The van der Waals surface area contributed by atoms with Crippen LogP contribution in [0.4, 0.5) is 0 Å². The van der Waals surface area contributed by atoms with Crippen LogP contribution in [-0.2, 0) is 22.6 Å². The van der Waals surface area contributed by atoms with Crippen LogP contribution in [0.15, 0.2) is 27.9 Å². The van der Waals surface area contributed by atoms with Gasteiger partial charge in [-0.2, -0.15) is 0 Å². The summed E-state index contributed by atoms with van der Waals surface area (Å²) in [6.45, 7) is 10.0. The summed E-state index contributed by atoms with van der Waals surface area (Å²) >= 11 is 0. The Bertz CT molecular complexity index is 670. The maximum atomic E-state index is 12.1. The van der Waals surface area contributed by atoms with Crippen LogP contribution in [0, 0.1) is 6.92 Å². The summed E-state index contributed by atoms with van der Waals surface area (Å²) in [7, 11) is 0. The van der Waals surface area contributed by atoms with Gasteiger partial charge in [-0.05, 0) is 40.0 Å². The SMILES string of the molecule is C=C(C)C(=O)OCCCCCCn1cc(C)c(=O)n(CC)c1=O. The van der Waals surface area contributed by atoms with Gasteiger partial charge in [-0.3, -0.25) is 9.36 Å². The van der Waals surface area contributed by atoms with Crippen molar-refractivity contribution in [1.82, 2.24) is 9.13 Å². The van der Waals surface area contributed by atoms with Gasteiger partial charge in [0.2, 0.25) is 0 Å². The zero-order valence-electron chi connectivity index (χ0n) is 14.3. The van der Waals surface area contributed by atoms with Crippen LogP contribution in [0.1, 0.15) is 45.1 Å². The number of rotatable bonds is 9. The van der Waals surface area contributed by atoms with Crippen LogP contribution in [0.25, 0.3) is 0 Å². The third-order valence-corrected chi connectivity index (χ3v) is 3.60. The fourth-order valence-electron chi connectivity index (χ4n) is 2.26. The molecule has 0 fully saturated rings. The topological polar surface area (TPSA) is 70.3 Å². The van der Waals surface area contributed by atoms with Gasteiger partial charge < -0.3 is 9.30 Å². The first kappa shape index (κ1) is 18.9. The second-order valence-electron chi connectivity index (χ2n) is 5.67. The van der Waals surface area contributed by atoms with Crippen LogP contribution in [0.3, 0.4) is 0 Å². The van der Waals surface area contributed by atoms with Gasteiger partial charge in [0.1, 0.15) is 0 Å². The molecule has 0 aliphatic heterocycles. The lowest BCUT2D eigenvalue weighted by molar-refractivity contribution is -0.139. The van der Waals surface area contributed by atoms with Crippen molar-refractivity contribution in [2.75, 3.05) is 6.61 Å². The molecule has 6 nitrogen and oxygen atoms in total. The Hall–Kier alpha value is -2.11. The summed E-state index contributed by atoms with van der Waals surface area (Å²) in [5.41, 5.74) is 0.524. The molecule has 0 aliphatic carbocycles. The second kappa shape index (κ2) is 9.12. The lowest BCUT2D eigenvalue weighted by atomic mass is 10.2. The van der Waals surface area contributed by atoms with Gasteiger partial charge in [0.25, 0.3) is 5.56 Å². The predicted molar refractivity (Wildman–Crippen MR) is 89.6 cm³/mol. The van der Waals surface area contributed by atoms with Crippen LogP contribution in [-0.4, -0.2) is 21.7 Å². The number of hydrogen-bond donors (Lipinski definition) is 0. The molecule has 1 aromatic heterocycles. The molecule has 0 aliphatic rings. The minimum atomic E-state index is -0.353. The molecule has 0 aromatic carbocycles. The number of hydrogen-bond acceptors (Lipinski definition) is 4. The third-order valence-electron chi connectivity index (χ3n) is 3.60. The van der Waals surface area contributed by atoms with Gasteiger partial charge in [-0.15, -0.1) is 0 Å². The molecule has 1 aromatic rings.